The summed E-state index contributed by atoms with van der Waals surface area (Å²) in [6.07, 6.45) is 3.55. The molecule has 0 bridgehead atoms. The molecule has 0 amide bonds. The molecule has 0 fully saturated rings. The molecular weight excluding hydrogens is 462 g/mol. The van der Waals surface area contributed by atoms with Crippen LogP contribution in [0.4, 0.5) is 0 Å². The van der Waals surface area contributed by atoms with Crippen LogP contribution in [-0.4, -0.2) is 4.98 Å². The maximum Gasteiger partial charge on any atom is 0.137 e. The molecule has 3 aromatic heterocycles. The first kappa shape index (κ1) is 23.1. The maximum atomic E-state index is 6.56. The van der Waals surface area contributed by atoms with E-state index in [0.717, 1.165) is 40.7 Å². The average molecular weight is 494 g/mol. The lowest BCUT2D eigenvalue weighted by molar-refractivity contribution is 0.522. The van der Waals surface area contributed by atoms with Crippen LogP contribution in [-0.2, 0) is 12.8 Å². The number of hydrogen-bond acceptors (Lipinski definition) is 4. The molecule has 3 aromatic carbocycles. The molecule has 182 valence electrons. The molecule has 0 N–H and O–H groups in total. The third-order valence-electron chi connectivity index (χ3n) is 7.44. The average Bonchev–Trinajstić information content (AvgIpc) is 3.61. The predicted molar refractivity (Wildman–Crippen MR) is 150 cm³/mol. The molecule has 0 spiro atoms. The zero-order valence-corrected chi connectivity index (χ0v) is 22.1. The highest BCUT2D eigenvalue weighted by Crippen LogP contribution is 2.34. The van der Waals surface area contributed by atoms with Gasteiger partial charge in [-0.2, -0.15) is 0 Å². The van der Waals surface area contributed by atoms with Gasteiger partial charge in [0.05, 0.1) is 22.0 Å². The van der Waals surface area contributed by atoms with E-state index in [2.05, 4.69) is 87.3 Å². The molecule has 0 aliphatic heterocycles. The fraction of sp³-hybridized carbons (Fsp3) is 0.281. The highest BCUT2D eigenvalue weighted by molar-refractivity contribution is 7.16. The molecular formula is C32H31NO2S. The Kier molecular flexibility index (Phi) is 5.93. The fourth-order valence-electron chi connectivity index (χ4n) is 5.21. The number of hydrogen-bond donors (Lipinski definition) is 0. The van der Waals surface area contributed by atoms with Gasteiger partial charge in [0, 0.05) is 17.2 Å². The molecule has 3 heterocycles. The Morgan fingerprint density at radius 2 is 1.58 bits per heavy atom. The molecule has 2 unspecified atom stereocenters. The minimum atomic E-state index is 0.332. The van der Waals surface area contributed by atoms with Crippen LogP contribution in [0.15, 0.2) is 81.3 Å². The number of benzene rings is 3. The molecule has 0 saturated carbocycles. The zero-order valence-electron chi connectivity index (χ0n) is 21.2. The monoisotopic (exact) mass is 493 g/mol. The van der Waals surface area contributed by atoms with E-state index < -0.39 is 0 Å². The van der Waals surface area contributed by atoms with Gasteiger partial charge in [-0.05, 0) is 82.8 Å². The summed E-state index contributed by atoms with van der Waals surface area (Å²) in [7, 11) is 0. The largest absolute Gasteiger partial charge is 0.464 e. The second-order valence-corrected chi connectivity index (χ2v) is 11.4. The van der Waals surface area contributed by atoms with Crippen molar-refractivity contribution in [3.63, 3.8) is 0 Å². The van der Waals surface area contributed by atoms with Gasteiger partial charge in [-0.15, -0.1) is 11.3 Å². The van der Waals surface area contributed by atoms with Crippen molar-refractivity contribution in [1.29, 1.82) is 0 Å². The number of fused-ring (bicyclic) bond motifs is 3. The van der Waals surface area contributed by atoms with Gasteiger partial charge >= 0.3 is 0 Å². The Balaban J connectivity index is 1.31. The summed E-state index contributed by atoms with van der Waals surface area (Å²) in [5.41, 5.74) is 10.3. The number of furan rings is 2. The van der Waals surface area contributed by atoms with Crippen LogP contribution in [0.1, 0.15) is 73.5 Å². The summed E-state index contributed by atoms with van der Waals surface area (Å²) in [6, 6.07) is 22.1. The predicted octanol–water partition coefficient (Wildman–Crippen LogP) is 9.60. The van der Waals surface area contributed by atoms with Gasteiger partial charge in [-0.1, -0.05) is 52.0 Å². The Labute approximate surface area is 215 Å². The van der Waals surface area contributed by atoms with Crippen molar-refractivity contribution in [3.05, 3.63) is 100 Å². The lowest BCUT2D eigenvalue weighted by Crippen LogP contribution is -2.00. The first-order valence-corrected chi connectivity index (χ1v) is 13.7. The van der Waals surface area contributed by atoms with Crippen LogP contribution < -0.4 is 0 Å². The van der Waals surface area contributed by atoms with E-state index in [1.54, 1.807) is 17.6 Å². The maximum absolute atomic E-state index is 6.56. The van der Waals surface area contributed by atoms with Crippen molar-refractivity contribution >= 4 is 43.5 Å². The highest BCUT2D eigenvalue weighted by atomic mass is 32.1. The molecule has 6 rings (SSSR count). The lowest BCUT2D eigenvalue weighted by Gasteiger charge is -2.15. The van der Waals surface area contributed by atoms with Gasteiger partial charge in [0.1, 0.15) is 16.9 Å². The Morgan fingerprint density at radius 3 is 2.44 bits per heavy atom. The minimum absolute atomic E-state index is 0.332. The standard InChI is InChI=1S/C32H31NO2S/c1-19(2)25-13-26(11-20(3)24-7-8-29-31(17-24)36-18-33-29)32-27(14-25)15-28(35-32)12-21(4)23-6-5-22-9-10-34-30(22)16-23/h5-10,13-21H,11-12H2,1-4H3. The van der Waals surface area contributed by atoms with Gasteiger partial charge in [0.2, 0.25) is 0 Å². The second-order valence-electron chi connectivity index (χ2n) is 10.5. The summed E-state index contributed by atoms with van der Waals surface area (Å²) < 4.78 is 13.4. The molecule has 0 aliphatic rings. The van der Waals surface area contributed by atoms with Gasteiger partial charge < -0.3 is 8.83 Å². The summed E-state index contributed by atoms with van der Waals surface area (Å²) >= 11 is 1.71. The second kappa shape index (κ2) is 9.25. The lowest BCUT2D eigenvalue weighted by atomic mass is 9.90. The van der Waals surface area contributed by atoms with Crippen LogP contribution in [0.2, 0.25) is 0 Å². The normalized spacial score (nSPS) is 13.8. The third-order valence-corrected chi connectivity index (χ3v) is 8.23. The smallest absolute Gasteiger partial charge is 0.137 e. The van der Waals surface area contributed by atoms with Crippen LogP contribution >= 0.6 is 11.3 Å². The van der Waals surface area contributed by atoms with Crippen molar-refractivity contribution in [2.45, 2.75) is 58.3 Å². The zero-order chi connectivity index (χ0) is 24.8. The van der Waals surface area contributed by atoms with E-state index in [0.29, 0.717) is 17.8 Å². The number of rotatable bonds is 7. The molecule has 36 heavy (non-hydrogen) atoms. The number of aromatic nitrogens is 1. The molecule has 4 heteroatoms. The van der Waals surface area contributed by atoms with Gasteiger partial charge in [-0.3, -0.25) is 0 Å². The van der Waals surface area contributed by atoms with E-state index in [-0.39, 0.29) is 0 Å². The molecule has 0 saturated heterocycles. The van der Waals surface area contributed by atoms with Gasteiger partial charge in [0.25, 0.3) is 0 Å². The molecule has 2 atom stereocenters. The van der Waals surface area contributed by atoms with E-state index in [1.807, 2.05) is 11.6 Å². The van der Waals surface area contributed by atoms with E-state index in [1.165, 1.54) is 32.3 Å². The van der Waals surface area contributed by atoms with E-state index in [9.17, 15) is 0 Å². The molecule has 0 aliphatic carbocycles. The van der Waals surface area contributed by atoms with E-state index >= 15 is 0 Å². The third kappa shape index (κ3) is 4.35. The first-order valence-electron chi connectivity index (χ1n) is 12.8. The van der Waals surface area contributed by atoms with E-state index in [4.69, 9.17) is 8.83 Å². The van der Waals surface area contributed by atoms with Crippen LogP contribution in [0.5, 0.6) is 0 Å². The Morgan fingerprint density at radius 1 is 0.778 bits per heavy atom. The topological polar surface area (TPSA) is 39.2 Å². The summed E-state index contributed by atoms with van der Waals surface area (Å²) in [6.45, 7) is 9.10. The van der Waals surface area contributed by atoms with Crippen LogP contribution in [0.3, 0.4) is 0 Å². The first-order chi connectivity index (χ1) is 17.4. The Bertz CT molecular complexity index is 1670. The number of thiazole rings is 1. The quantitative estimate of drug-likeness (QED) is 0.222. The van der Waals surface area contributed by atoms with Crippen molar-refractivity contribution in [1.82, 2.24) is 4.98 Å². The fourth-order valence-corrected chi connectivity index (χ4v) is 5.94. The summed E-state index contributed by atoms with van der Waals surface area (Å²) in [5.74, 6) is 2.22. The SMILES string of the molecule is CC(C)c1cc(CC(C)c2ccc3ncsc3c2)c2oc(CC(C)c3ccc4ccoc4c3)cc2c1. The summed E-state index contributed by atoms with van der Waals surface area (Å²) in [4.78, 5) is 4.43. The molecule has 6 aromatic rings. The van der Waals surface area contributed by atoms with Crippen molar-refractivity contribution in [2.75, 3.05) is 0 Å². The number of nitrogens with zero attached hydrogens (tertiary/aromatic N) is 1. The highest BCUT2D eigenvalue weighted by Gasteiger charge is 2.18. The van der Waals surface area contributed by atoms with Gasteiger partial charge in [-0.25, -0.2) is 4.98 Å². The minimum Gasteiger partial charge on any atom is -0.464 e. The molecule has 0 radical (unpaired) electrons. The van der Waals surface area contributed by atoms with Crippen molar-refractivity contribution in [3.8, 4) is 0 Å². The summed E-state index contributed by atoms with van der Waals surface area (Å²) in [5, 5.41) is 2.36. The van der Waals surface area contributed by atoms with Gasteiger partial charge in [0.15, 0.2) is 0 Å². The van der Waals surface area contributed by atoms with Crippen molar-refractivity contribution in [2.24, 2.45) is 0 Å². The van der Waals surface area contributed by atoms with Crippen molar-refractivity contribution < 1.29 is 8.83 Å². The van der Waals surface area contributed by atoms with Crippen LogP contribution in [0.25, 0.3) is 32.2 Å². The van der Waals surface area contributed by atoms with Crippen LogP contribution in [0, 0.1) is 0 Å². The Hall–Kier alpha value is -3.37. The molecule has 3 nitrogen and oxygen atoms in total.